The van der Waals surface area contributed by atoms with Gasteiger partial charge in [0.15, 0.2) is 0 Å². The zero-order valence-corrected chi connectivity index (χ0v) is 11.6. The Bertz CT molecular complexity index is 401. The van der Waals surface area contributed by atoms with Crippen molar-refractivity contribution >= 4 is 0 Å². The second kappa shape index (κ2) is 5.37. The summed E-state index contributed by atoms with van der Waals surface area (Å²) in [6.07, 6.45) is 4.66. The Labute approximate surface area is 110 Å². The molecule has 100 valence electrons. The van der Waals surface area contributed by atoms with Gasteiger partial charge in [-0.05, 0) is 44.4 Å². The summed E-state index contributed by atoms with van der Waals surface area (Å²) in [5, 5.41) is 14.1. The number of nitrogens with one attached hydrogen (secondary N) is 1. The molecule has 0 bridgehead atoms. The number of hydrogen-bond donors (Lipinski definition) is 2. The van der Waals surface area contributed by atoms with Crippen LogP contribution >= 0.6 is 0 Å². The standard InChI is InChI=1S/C15H24N2O/c1-11(2)16-10-8-15(3,18)13-7-6-12-5-4-9-17-14(12)13/h4-5,9,11,13,16,18H,6-8,10H2,1-3H3. The van der Waals surface area contributed by atoms with Gasteiger partial charge in [-0.3, -0.25) is 4.98 Å². The number of hydrogen-bond acceptors (Lipinski definition) is 3. The highest BCUT2D eigenvalue weighted by molar-refractivity contribution is 5.30. The summed E-state index contributed by atoms with van der Waals surface area (Å²) in [4.78, 5) is 4.47. The molecule has 2 rings (SSSR count). The summed E-state index contributed by atoms with van der Waals surface area (Å²) in [6.45, 7) is 7.05. The minimum Gasteiger partial charge on any atom is -0.389 e. The van der Waals surface area contributed by atoms with Crippen LogP contribution in [0.15, 0.2) is 18.3 Å². The Morgan fingerprint density at radius 2 is 2.33 bits per heavy atom. The molecule has 0 fully saturated rings. The molecule has 3 nitrogen and oxygen atoms in total. The predicted molar refractivity (Wildman–Crippen MR) is 73.7 cm³/mol. The molecule has 0 spiro atoms. The van der Waals surface area contributed by atoms with E-state index >= 15 is 0 Å². The molecule has 0 saturated heterocycles. The zero-order chi connectivity index (χ0) is 13.2. The minimum atomic E-state index is -0.665. The molecule has 18 heavy (non-hydrogen) atoms. The molecule has 0 aliphatic heterocycles. The molecule has 1 aliphatic rings. The van der Waals surface area contributed by atoms with E-state index in [1.807, 2.05) is 19.2 Å². The fourth-order valence-corrected chi connectivity index (χ4v) is 2.81. The summed E-state index contributed by atoms with van der Waals surface area (Å²) in [5.74, 6) is 0.183. The van der Waals surface area contributed by atoms with Crippen LogP contribution in [0.2, 0.25) is 0 Å². The van der Waals surface area contributed by atoms with Gasteiger partial charge >= 0.3 is 0 Å². The van der Waals surface area contributed by atoms with Crippen molar-refractivity contribution in [3.63, 3.8) is 0 Å². The molecule has 0 saturated carbocycles. The van der Waals surface area contributed by atoms with E-state index in [-0.39, 0.29) is 5.92 Å². The third-order valence-electron chi connectivity index (χ3n) is 3.89. The quantitative estimate of drug-likeness (QED) is 0.840. The van der Waals surface area contributed by atoms with Gasteiger partial charge in [0, 0.05) is 23.9 Å². The summed E-state index contributed by atoms with van der Waals surface area (Å²) >= 11 is 0. The van der Waals surface area contributed by atoms with E-state index < -0.39 is 5.60 Å². The summed E-state index contributed by atoms with van der Waals surface area (Å²) in [6, 6.07) is 4.58. The lowest BCUT2D eigenvalue weighted by Gasteiger charge is -2.30. The zero-order valence-electron chi connectivity index (χ0n) is 11.6. The van der Waals surface area contributed by atoms with E-state index in [0.29, 0.717) is 6.04 Å². The highest BCUT2D eigenvalue weighted by atomic mass is 16.3. The molecule has 1 aliphatic carbocycles. The van der Waals surface area contributed by atoms with Crippen LogP contribution < -0.4 is 5.32 Å². The van der Waals surface area contributed by atoms with E-state index in [4.69, 9.17) is 0 Å². The molecule has 2 N–H and O–H groups in total. The first-order chi connectivity index (χ1) is 8.50. The van der Waals surface area contributed by atoms with E-state index in [1.54, 1.807) is 0 Å². The van der Waals surface area contributed by atoms with Gasteiger partial charge in [0.25, 0.3) is 0 Å². The van der Waals surface area contributed by atoms with E-state index in [9.17, 15) is 5.11 Å². The fourth-order valence-electron chi connectivity index (χ4n) is 2.81. The Morgan fingerprint density at radius 3 is 3.06 bits per heavy atom. The highest BCUT2D eigenvalue weighted by Crippen LogP contribution is 2.40. The summed E-state index contributed by atoms with van der Waals surface area (Å²) < 4.78 is 0. The molecular formula is C15H24N2O. The highest BCUT2D eigenvalue weighted by Gasteiger charge is 2.37. The average Bonchev–Trinajstić information content (AvgIpc) is 2.72. The third kappa shape index (κ3) is 2.90. The Balaban J connectivity index is 2.03. The molecule has 0 amide bonds. The van der Waals surface area contributed by atoms with Crippen molar-refractivity contribution in [3.05, 3.63) is 29.6 Å². The van der Waals surface area contributed by atoms with Gasteiger partial charge in [-0.2, -0.15) is 0 Å². The summed E-state index contributed by atoms with van der Waals surface area (Å²) in [5.41, 5.74) is 1.74. The number of aromatic nitrogens is 1. The molecule has 1 heterocycles. The maximum atomic E-state index is 10.7. The predicted octanol–water partition coefficient (Wildman–Crippen LogP) is 2.25. The van der Waals surface area contributed by atoms with Gasteiger partial charge in [-0.1, -0.05) is 19.9 Å². The first-order valence-electron chi connectivity index (χ1n) is 6.90. The van der Waals surface area contributed by atoms with Crippen LogP contribution in [0.5, 0.6) is 0 Å². The molecule has 0 aromatic carbocycles. The van der Waals surface area contributed by atoms with E-state index in [2.05, 4.69) is 30.2 Å². The maximum Gasteiger partial charge on any atom is 0.0715 e. The Morgan fingerprint density at radius 1 is 1.56 bits per heavy atom. The van der Waals surface area contributed by atoms with Crippen LogP contribution in [0.4, 0.5) is 0 Å². The van der Waals surface area contributed by atoms with E-state index in [0.717, 1.165) is 31.5 Å². The van der Waals surface area contributed by atoms with Crippen molar-refractivity contribution in [1.29, 1.82) is 0 Å². The SMILES string of the molecule is CC(C)NCCC(C)(O)C1CCc2cccnc21. The van der Waals surface area contributed by atoms with Gasteiger partial charge in [-0.15, -0.1) is 0 Å². The number of nitrogens with zero attached hydrogens (tertiary/aromatic N) is 1. The van der Waals surface area contributed by atoms with Crippen molar-refractivity contribution in [2.24, 2.45) is 0 Å². The molecule has 0 radical (unpaired) electrons. The maximum absolute atomic E-state index is 10.7. The largest absolute Gasteiger partial charge is 0.389 e. The number of pyridine rings is 1. The van der Waals surface area contributed by atoms with Crippen LogP contribution in [-0.4, -0.2) is 28.3 Å². The van der Waals surface area contributed by atoms with Gasteiger partial charge in [0.2, 0.25) is 0 Å². The van der Waals surface area contributed by atoms with Crippen molar-refractivity contribution in [1.82, 2.24) is 10.3 Å². The minimum absolute atomic E-state index is 0.183. The van der Waals surface area contributed by atoms with Crippen molar-refractivity contribution in [2.75, 3.05) is 6.54 Å². The number of rotatable bonds is 5. The lowest BCUT2D eigenvalue weighted by molar-refractivity contribution is 0.0211. The van der Waals surface area contributed by atoms with Crippen LogP contribution in [0, 0.1) is 0 Å². The molecule has 1 aromatic heterocycles. The topological polar surface area (TPSA) is 45.1 Å². The average molecular weight is 248 g/mol. The second-order valence-corrected chi connectivity index (χ2v) is 5.86. The van der Waals surface area contributed by atoms with Gasteiger partial charge in [-0.25, -0.2) is 0 Å². The molecule has 2 unspecified atom stereocenters. The van der Waals surface area contributed by atoms with Crippen molar-refractivity contribution < 1.29 is 5.11 Å². The van der Waals surface area contributed by atoms with Crippen LogP contribution in [0.3, 0.4) is 0 Å². The lowest BCUT2D eigenvalue weighted by Crippen LogP contribution is -2.37. The van der Waals surface area contributed by atoms with E-state index in [1.165, 1.54) is 5.56 Å². The smallest absolute Gasteiger partial charge is 0.0715 e. The monoisotopic (exact) mass is 248 g/mol. The lowest BCUT2D eigenvalue weighted by atomic mass is 9.84. The summed E-state index contributed by atoms with van der Waals surface area (Å²) in [7, 11) is 0. The van der Waals surface area contributed by atoms with Crippen LogP contribution in [0.25, 0.3) is 0 Å². The number of fused-ring (bicyclic) bond motifs is 1. The molecular weight excluding hydrogens is 224 g/mol. The number of aryl methyl sites for hydroxylation is 1. The van der Waals surface area contributed by atoms with Gasteiger partial charge < -0.3 is 10.4 Å². The first-order valence-corrected chi connectivity index (χ1v) is 6.90. The normalized spacial score (nSPS) is 21.9. The number of aliphatic hydroxyl groups is 1. The Kier molecular flexibility index (Phi) is 4.03. The molecule has 3 heteroatoms. The molecule has 1 aromatic rings. The van der Waals surface area contributed by atoms with Gasteiger partial charge in [0.05, 0.1) is 5.60 Å². The van der Waals surface area contributed by atoms with Gasteiger partial charge in [0.1, 0.15) is 0 Å². The second-order valence-electron chi connectivity index (χ2n) is 5.86. The van der Waals surface area contributed by atoms with Crippen molar-refractivity contribution in [3.8, 4) is 0 Å². The Hall–Kier alpha value is -0.930. The first kappa shape index (κ1) is 13.5. The van der Waals surface area contributed by atoms with Crippen molar-refractivity contribution in [2.45, 2.75) is 57.6 Å². The van der Waals surface area contributed by atoms with Crippen LogP contribution in [0.1, 0.15) is 50.8 Å². The molecule has 2 atom stereocenters. The fraction of sp³-hybridized carbons (Fsp3) is 0.667. The van der Waals surface area contributed by atoms with Crippen LogP contribution in [-0.2, 0) is 6.42 Å². The third-order valence-corrected chi connectivity index (χ3v) is 3.89.